The third-order valence-electron chi connectivity index (χ3n) is 4.98. The van der Waals surface area contributed by atoms with Crippen molar-refractivity contribution in [1.82, 2.24) is 24.1 Å². The van der Waals surface area contributed by atoms with E-state index in [4.69, 9.17) is 5.73 Å². The minimum atomic E-state index is -3.15. The van der Waals surface area contributed by atoms with Crippen LogP contribution in [0.4, 0.5) is 11.8 Å². The molecule has 0 aromatic carbocycles. The first kappa shape index (κ1) is 18.6. The third kappa shape index (κ3) is 3.96. The van der Waals surface area contributed by atoms with Crippen molar-refractivity contribution in [2.24, 2.45) is 7.05 Å². The maximum atomic E-state index is 11.7. The highest BCUT2D eigenvalue weighted by atomic mass is 32.2. The Morgan fingerprint density at radius 1 is 1.31 bits per heavy atom. The number of nitrogens with two attached hydrogens (primary N) is 1. The molecule has 2 aromatic heterocycles. The van der Waals surface area contributed by atoms with E-state index in [1.165, 1.54) is 10.6 Å². The van der Waals surface area contributed by atoms with Gasteiger partial charge < -0.3 is 11.1 Å². The lowest BCUT2D eigenvalue weighted by Crippen LogP contribution is -2.41. The molecule has 0 saturated heterocycles. The van der Waals surface area contributed by atoms with Gasteiger partial charge in [-0.2, -0.15) is 5.10 Å². The number of hydrogen-bond donors (Lipinski definition) is 2. The summed E-state index contributed by atoms with van der Waals surface area (Å²) in [5, 5.41) is 7.50. The second kappa shape index (κ2) is 7.20. The van der Waals surface area contributed by atoms with E-state index in [-0.39, 0.29) is 12.1 Å². The van der Waals surface area contributed by atoms with Crippen molar-refractivity contribution in [2.75, 3.05) is 24.4 Å². The summed E-state index contributed by atoms with van der Waals surface area (Å²) in [6.07, 6.45) is 8.00. The molecular formula is C16H25N7O2S. The number of hydrogen-bond acceptors (Lipinski definition) is 7. The quantitative estimate of drug-likeness (QED) is 0.797. The lowest BCUT2D eigenvalue weighted by molar-refractivity contribution is 0.276. The predicted octanol–water partition coefficient (Wildman–Crippen LogP) is 1.07. The van der Waals surface area contributed by atoms with E-state index < -0.39 is 10.0 Å². The van der Waals surface area contributed by atoms with Gasteiger partial charge in [0.1, 0.15) is 5.82 Å². The fraction of sp³-hybridized carbons (Fsp3) is 0.562. The molecule has 1 aliphatic rings. The smallest absolute Gasteiger partial charge is 0.223 e. The molecular weight excluding hydrogens is 354 g/mol. The van der Waals surface area contributed by atoms with E-state index in [0.29, 0.717) is 11.8 Å². The van der Waals surface area contributed by atoms with Crippen molar-refractivity contribution in [3.63, 3.8) is 0 Å². The molecule has 0 unspecified atom stereocenters. The topological polar surface area (TPSA) is 119 Å². The average molecular weight is 379 g/mol. The van der Waals surface area contributed by atoms with Gasteiger partial charge in [-0.25, -0.2) is 22.7 Å². The summed E-state index contributed by atoms with van der Waals surface area (Å²) >= 11 is 0. The fourth-order valence-electron chi connectivity index (χ4n) is 3.26. The Morgan fingerprint density at radius 2 is 2.00 bits per heavy atom. The lowest BCUT2D eigenvalue weighted by atomic mass is 9.91. The summed E-state index contributed by atoms with van der Waals surface area (Å²) in [4.78, 5) is 8.84. The van der Waals surface area contributed by atoms with Gasteiger partial charge in [0.05, 0.1) is 23.7 Å². The molecule has 9 nitrogen and oxygen atoms in total. The van der Waals surface area contributed by atoms with Crippen LogP contribution < -0.4 is 11.1 Å². The van der Waals surface area contributed by atoms with E-state index in [1.807, 2.05) is 0 Å². The van der Waals surface area contributed by atoms with Crippen molar-refractivity contribution in [3.05, 3.63) is 18.5 Å². The van der Waals surface area contributed by atoms with Crippen LogP contribution in [-0.2, 0) is 17.1 Å². The molecule has 0 amide bonds. The zero-order valence-corrected chi connectivity index (χ0v) is 16.1. The van der Waals surface area contributed by atoms with Gasteiger partial charge in [0.2, 0.25) is 16.0 Å². The largest absolute Gasteiger partial charge is 0.383 e. The van der Waals surface area contributed by atoms with E-state index in [9.17, 15) is 8.42 Å². The van der Waals surface area contributed by atoms with Crippen LogP contribution >= 0.6 is 0 Å². The normalized spacial score (nSPS) is 21.1. The summed E-state index contributed by atoms with van der Waals surface area (Å²) in [5.74, 6) is 1.10. The van der Waals surface area contributed by atoms with Crippen molar-refractivity contribution < 1.29 is 8.42 Å². The van der Waals surface area contributed by atoms with Gasteiger partial charge in [-0.3, -0.25) is 4.68 Å². The molecule has 2 heterocycles. The van der Waals surface area contributed by atoms with Crippen LogP contribution in [0.25, 0.3) is 11.3 Å². The number of nitrogen functional groups attached to an aromatic ring is 1. The van der Waals surface area contributed by atoms with Crippen molar-refractivity contribution in [2.45, 2.75) is 37.8 Å². The molecule has 10 heteroatoms. The Bertz CT molecular complexity index is 872. The Balaban J connectivity index is 1.64. The first-order valence-electron chi connectivity index (χ1n) is 8.56. The molecule has 0 bridgehead atoms. The highest BCUT2D eigenvalue weighted by Crippen LogP contribution is 2.27. The molecule has 26 heavy (non-hydrogen) atoms. The lowest BCUT2D eigenvalue weighted by Gasteiger charge is -2.33. The predicted molar refractivity (Wildman–Crippen MR) is 101 cm³/mol. The summed E-state index contributed by atoms with van der Waals surface area (Å²) < 4.78 is 26.4. The molecule has 3 N–H and O–H groups in total. The summed E-state index contributed by atoms with van der Waals surface area (Å²) in [7, 11) is 0.286. The zero-order chi connectivity index (χ0) is 18.9. The van der Waals surface area contributed by atoms with Crippen LogP contribution in [0.5, 0.6) is 0 Å². The number of nitrogens with one attached hydrogen (secondary N) is 1. The van der Waals surface area contributed by atoms with Crippen LogP contribution in [0.15, 0.2) is 18.5 Å². The molecule has 0 radical (unpaired) electrons. The molecule has 0 atom stereocenters. The van der Waals surface area contributed by atoms with Crippen molar-refractivity contribution >= 4 is 21.8 Å². The third-order valence-corrected chi connectivity index (χ3v) is 6.33. The number of rotatable bonds is 5. The van der Waals surface area contributed by atoms with Gasteiger partial charge in [-0.1, -0.05) is 0 Å². The van der Waals surface area contributed by atoms with Gasteiger partial charge in [-0.15, -0.1) is 0 Å². The SMILES string of the molecule is Cn1ncc(-c2ccnc(N[C@H]3CC[C@H](N(C)S(C)(=O)=O)CC3)n2)c1N. The Kier molecular flexibility index (Phi) is 5.15. The Hall–Kier alpha value is -2.20. The first-order chi connectivity index (χ1) is 12.3. The highest BCUT2D eigenvalue weighted by Gasteiger charge is 2.28. The molecule has 142 valence electrons. The van der Waals surface area contributed by atoms with Crippen LogP contribution in [0.3, 0.4) is 0 Å². The van der Waals surface area contributed by atoms with Crippen LogP contribution in [-0.4, -0.2) is 57.9 Å². The molecule has 1 fully saturated rings. The number of aromatic nitrogens is 4. The van der Waals surface area contributed by atoms with E-state index >= 15 is 0 Å². The number of aryl methyl sites for hydroxylation is 1. The van der Waals surface area contributed by atoms with Crippen LogP contribution in [0.2, 0.25) is 0 Å². The van der Waals surface area contributed by atoms with E-state index in [2.05, 4.69) is 20.4 Å². The van der Waals surface area contributed by atoms with Gasteiger partial charge in [0.25, 0.3) is 0 Å². The Morgan fingerprint density at radius 3 is 2.58 bits per heavy atom. The van der Waals surface area contributed by atoms with Gasteiger partial charge >= 0.3 is 0 Å². The summed E-state index contributed by atoms with van der Waals surface area (Å²) in [6.45, 7) is 0. The maximum absolute atomic E-state index is 11.7. The standard InChI is InChI=1S/C16H25N7O2S/c1-22-15(17)13(10-19-22)14-8-9-18-16(21-14)20-11-4-6-12(7-5-11)23(2)26(3,24)25/h8-12H,4-7,17H2,1-3H3,(H,18,20,21)/t11-,12-. The van der Waals surface area contributed by atoms with Crippen LogP contribution in [0.1, 0.15) is 25.7 Å². The molecule has 3 rings (SSSR count). The average Bonchev–Trinajstić information content (AvgIpc) is 2.94. The fourth-order valence-corrected chi connectivity index (χ4v) is 4.01. The molecule has 0 spiro atoms. The minimum Gasteiger partial charge on any atom is -0.383 e. The number of nitrogens with zero attached hydrogens (tertiary/aromatic N) is 5. The molecule has 1 saturated carbocycles. The second-order valence-corrected chi connectivity index (χ2v) is 8.80. The Labute approximate surface area is 153 Å². The number of sulfonamides is 1. The molecule has 0 aliphatic heterocycles. The zero-order valence-electron chi connectivity index (χ0n) is 15.3. The molecule has 1 aliphatic carbocycles. The number of anilines is 2. The first-order valence-corrected chi connectivity index (χ1v) is 10.4. The van der Waals surface area contributed by atoms with Crippen molar-refractivity contribution in [1.29, 1.82) is 0 Å². The van der Waals surface area contributed by atoms with Gasteiger partial charge in [0.15, 0.2) is 0 Å². The maximum Gasteiger partial charge on any atom is 0.223 e. The van der Waals surface area contributed by atoms with E-state index in [1.54, 1.807) is 37.2 Å². The summed E-state index contributed by atoms with van der Waals surface area (Å²) in [5.41, 5.74) is 7.51. The monoisotopic (exact) mass is 379 g/mol. The van der Waals surface area contributed by atoms with Gasteiger partial charge in [-0.05, 0) is 31.7 Å². The summed E-state index contributed by atoms with van der Waals surface area (Å²) in [6, 6.07) is 2.09. The minimum absolute atomic E-state index is 0.0606. The molecule has 2 aromatic rings. The second-order valence-electron chi connectivity index (χ2n) is 6.76. The highest BCUT2D eigenvalue weighted by molar-refractivity contribution is 7.88. The van der Waals surface area contributed by atoms with Crippen molar-refractivity contribution in [3.8, 4) is 11.3 Å². The van der Waals surface area contributed by atoms with Gasteiger partial charge in [0, 0.05) is 32.4 Å². The van der Waals surface area contributed by atoms with Crippen LogP contribution in [0, 0.1) is 0 Å². The van der Waals surface area contributed by atoms with E-state index in [0.717, 1.165) is 36.9 Å².